The molecule has 1 atom stereocenters. The van der Waals surface area contributed by atoms with Crippen molar-refractivity contribution in [2.45, 2.75) is 25.9 Å². The molecule has 8 heteroatoms. The predicted octanol–water partition coefficient (Wildman–Crippen LogP) is 4.35. The Morgan fingerprint density at radius 3 is 2.68 bits per heavy atom. The number of nitrogens with zero attached hydrogens (tertiary/aromatic N) is 2. The lowest BCUT2D eigenvalue weighted by Crippen LogP contribution is -2.33. The summed E-state index contributed by atoms with van der Waals surface area (Å²) in [6.45, 7) is 1.83. The highest BCUT2D eigenvalue weighted by Gasteiger charge is 2.32. The van der Waals surface area contributed by atoms with Gasteiger partial charge in [0.15, 0.2) is 0 Å². The first-order valence-corrected chi connectivity index (χ1v) is 11.0. The molecule has 1 aromatic heterocycles. The number of amides is 2. The number of rotatable bonds is 8. The number of hydrogen-bond donors (Lipinski definition) is 2. The summed E-state index contributed by atoms with van der Waals surface area (Å²) >= 11 is 0. The number of hydrogen-bond acceptors (Lipinski definition) is 5. The van der Waals surface area contributed by atoms with E-state index in [9.17, 15) is 14.0 Å². The molecule has 1 aliphatic rings. The fraction of sp³-hybridized carbons (Fsp3) is 0.231. The lowest BCUT2D eigenvalue weighted by molar-refractivity contribution is -0.119. The molecule has 2 N–H and O–H groups in total. The van der Waals surface area contributed by atoms with Gasteiger partial charge in [-0.1, -0.05) is 30.3 Å². The highest BCUT2D eigenvalue weighted by atomic mass is 19.1. The second-order valence-electron chi connectivity index (χ2n) is 8.09. The van der Waals surface area contributed by atoms with E-state index < -0.39 is 18.0 Å². The van der Waals surface area contributed by atoms with E-state index in [0.29, 0.717) is 35.4 Å². The van der Waals surface area contributed by atoms with Crippen molar-refractivity contribution in [1.29, 1.82) is 5.41 Å². The van der Waals surface area contributed by atoms with Gasteiger partial charge >= 0.3 is 6.09 Å². The molecule has 1 saturated heterocycles. The standard InChI is InChI=1S/C26H25FN4O3/c1-17(32)30-15-22-16-31(26(33)34-22)21-10-11-23(24(27)14-21)18-5-7-19(8-6-18)25(28)12-9-20-4-2-3-13-29-20/h2-8,10-11,13-14,22,28H,9,12,15-16H2,1H3,(H,30,32)/t22-/m0/s1. The monoisotopic (exact) mass is 460 g/mol. The smallest absolute Gasteiger partial charge is 0.414 e. The van der Waals surface area contributed by atoms with Crippen molar-refractivity contribution in [3.8, 4) is 11.1 Å². The van der Waals surface area contributed by atoms with Gasteiger partial charge in [-0.25, -0.2) is 9.18 Å². The zero-order valence-corrected chi connectivity index (χ0v) is 18.8. The van der Waals surface area contributed by atoms with Gasteiger partial charge in [-0.2, -0.15) is 0 Å². The first-order valence-electron chi connectivity index (χ1n) is 11.0. The molecular formula is C26H25FN4O3. The van der Waals surface area contributed by atoms with Gasteiger partial charge < -0.3 is 15.5 Å². The molecule has 1 fully saturated rings. The molecular weight excluding hydrogens is 435 g/mol. The topological polar surface area (TPSA) is 95.4 Å². The minimum Gasteiger partial charge on any atom is -0.442 e. The number of halogens is 1. The Morgan fingerprint density at radius 2 is 2.00 bits per heavy atom. The third-order valence-electron chi connectivity index (χ3n) is 5.62. The molecule has 0 saturated carbocycles. The second-order valence-corrected chi connectivity index (χ2v) is 8.09. The van der Waals surface area contributed by atoms with Gasteiger partial charge in [-0.05, 0) is 54.3 Å². The van der Waals surface area contributed by atoms with Crippen LogP contribution in [0.15, 0.2) is 66.9 Å². The molecule has 0 aliphatic carbocycles. The molecule has 174 valence electrons. The summed E-state index contributed by atoms with van der Waals surface area (Å²) in [4.78, 5) is 28.9. The van der Waals surface area contributed by atoms with Crippen LogP contribution in [-0.2, 0) is 16.0 Å². The highest BCUT2D eigenvalue weighted by Crippen LogP contribution is 2.29. The summed E-state index contributed by atoms with van der Waals surface area (Å²) < 4.78 is 20.2. The molecule has 0 bridgehead atoms. The molecule has 0 unspecified atom stereocenters. The average molecular weight is 461 g/mol. The van der Waals surface area contributed by atoms with Gasteiger partial charge in [-0.3, -0.25) is 14.7 Å². The summed E-state index contributed by atoms with van der Waals surface area (Å²) in [6.07, 6.45) is 1.93. The minimum atomic E-state index is -0.573. The van der Waals surface area contributed by atoms with Crippen LogP contribution in [0.25, 0.3) is 11.1 Å². The zero-order valence-electron chi connectivity index (χ0n) is 18.8. The number of pyridine rings is 1. The molecule has 2 amide bonds. The van der Waals surface area contributed by atoms with Crippen LogP contribution in [0.4, 0.5) is 14.9 Å². The molecule has 1 aliphatic heterocycles. The Kier molecular flexibility index (Phi) is 6.96. The average Bonchev–Trinajstić information content (AvgIpc) is 3.22. The molecule has 34 heavy (non-hydrogen) atoms. The Morgan fingerprint density at radius 1 is 1.21 bits per heavy atom. The molecule has 4 rings (SSSR count). The van der Waals surface area contributed by atoms with Crippen molar-refractivity contribution in [2.75, 3.05) is 18.0 Å². The summed E-state index contributed by atoms with van der Waals surface area (Å²) in [6, 6.07) is 17.5. The van der Waals surface area contributed by atoms with Crippen molar-refractivity contribution in [3.05, 3.63) is 83.9 Å². The lowest BCUT2D eigenvalue weighted by atomic mass is 9.99. The van der Waals surface area contributed by atoms with E-state index in [0.717, 1.165) is 11.3 Å². The van der Waals surface area contributed by atoms with Crippen LogP contribution < -0.4 is 10.2 Å². The normalized spacial score (nSPS) is 15.2. The number of benzene rings is 2. The van der Waals surface area contributed by atoms with Crippen molar-refractivity contribution >= 4 is 23.4 Å². The van der Waals surface area contributed by atoms with Gasteiger partial charge in [-0.15, -0.1) is 0 Å². The molecule has 0 spiro atoms. The maximum atomic E-state index is 14.9. The van der Waals surface area contributed by atoms with E-state index in [4.69, 9.17) is 10.1 Å². The van der Waals surface area contributed by atoms with Crippen molar-refractivity contribution in [2.24, 2.45) is 0 Å². The summed E-state index contributed by atoms with van der Waals surface area (Å²) in [7, 11) is 0. The molecule has 0 radical (unpaired) electrons. The SMILES string of the molecule is CC(=O)NC[C@H]1CN(c2ccc(-c3ccc(C(=N)CCc4ccccn4)cc3)c(F)c2)C(=O)O1. The number of anilines is 1. The van der Waals surface area contributed by atoms with E-state index >= 15 is 0 Å². The van der Waals surface area contributed by atoms with Crippen molar-refractivity contribution in [1.82, 2.24) is 10.3 Å². The van der Waals surface area contributed by atoms with Gasteiger partial charge in [0.25, 0.3) is 0 Å². The number of aryl methyl sites for hydroxylation is 1. The van der Waals surface area contributed by atoms with Crippen LogP contribution in [0.3, 0.4) is 0 Å². The van der Waals surface area contributed by atoms with Crippen LogP contribution >= 0.6 is 0 Å². The van der Waals surface area contributed by atoms with Crippen molar-refractivity contribution < 1.29 is 18.7 Å². The Labute approximate surface area is 197 Å². The number of carbonyl (C=O) groups is 2. The van der Waals surface area contributed by atoms with Crippen LogP contribution in [0.1, 0.15) is 24.6 Å². The minimum absolute atomic E-state index is 0.209. The number of cyclic esters (lactones) is 1. The molecule has 7 nitrogen and oxygen atoms in total. The van der Waals surface area contributed by atoms with E-state index in [1.54, 1.807) is 30.5 Å². The van der Waals surface area contributed by atoms with Gasteiger partial charge in [0.1, 0.15) is 11.9 Å². The van der Waals surface area contributed by atoms with Crippen LogP contribution in [0.2, 0.25) is 0 Å². The Hall–Kier alpha value is -4.07. The maximum absolute atomic E-state index is 14.9. The highest BCUT2D eigenvalue weighted by molar-refractivity contribution is 5.98. The quantitative estimate of drug-likeness (QED) is 0.489. The maximum Gasteiger partial charge on any atom is 0.414 e. The predicted molar refractivity (Wildman–Crippen MR) is 128 cm³/mol. The lowest BCUT2D eigenvalue weighted by Gasteiger charge is -2.15. The molecule has 2 aromatic carbocycles. The molecule has 3 aromatic rings. The number of carbonyl (C=O) groups excluding carboxylic acids is 2. The number of nitrogens with one attached hydrogen (secondary N) is 2. The third kappa shape index (κ3) is 5.46. The fourth-order valence-electron chi connectivity index (χ4n) is 3.80. The fourth-order valence-corrected chi connectivity index (χ4v) is 3.80. The van der Waals surface area contributed by atoms with Gasteiger partial charge in [0.05, 0.1) is 18.8 Å². The van der Waals surface area contributed by atoms with E-state index in [1.807, 2.05) is 30.3 Å². The van der Waals surface area contributed by atoms with Crippen LogP contribution in [0.5, 0.6) is 0 Å². The summed E-state index contributed by atoms with van der Waals surface area (Å²) in [5, 5.41) is 10.9. The second kappa shape index (κ2) is 10.2. The van der Waals surface area contributed by atoms with E-state index in [1.165, 1.54) is 17.9 Å². The van der Waals surface area contributed by atoms with Crippen LogP contribution in [0, 0.1) is 11.2 Å². The first kappa shape index (κ1) is 23.1. The third-order valence-corrected chi connectivity index (χ3v) is 5.62. The van der Waals surface area contributed by atoms with E-state index in [-0.39, 0.29) is 19.0 Å². The van der Waals surface area contributed by atoms with Crippen LogP contribution in [-0.4, -0.2) is 41.9 Å². The number of ether oxygens (including phenoxy) is 1. The van der Waals surface area contributed by atoms with E-state index in [2.05, 4.69) is 10.3 Å². The Balaban J connectivity index is 1.41. The zero-order chi connectivity index (χ0) is 24.1. The molecule has 2 heterocycles. The summed E-state index contributed by atoms with van der Waals surface area (Å²) in [5.41, 5.74) is 3.69. The van der Waals surface area contributed by atoms with Crippen molar-refractivity contribution in [3.63, 3.8) is 0 Å². The van der Waals surface area contributed by atoms with Gasteiger partial charge in [0, 0.05) is 30.1 Å². The Bertz CT molecular complexity index is 1200. The number of aromatic nitrogens is 1. The largest absolute Gasteiger partial charge is 0.442 e. The first-order chi connectivity index (χ1) is 16.4. The van der Waals surface area contributed by atoms with Gasteiger partial charge in [0.2, 0.25) is 5.91 Å². The summed E-state index contributed by atoms with van der Waals surface area (Å²) in [5.74, 6) is -0.673.